The topological polar surface area (TPSA) is 81.8 Å². The van der Waals surface area contributed by atoms with Crippen LogP contribution in [0.5, 0.6) is 0 Å². The molecule has 1 aliphatic heterocycles. The Balaban J connectivity index is 1.50. The zero-order valence-electron chi connectivity index (χ0n) is 12.1. The summed E-state index contributed by atoms with van der Waals surface area (Å²) in [6.07, 6.45) is 5.62. The molecule has 0 unspecified atom stereocenters. The minimum absolute atomic E-state index is 0.397. The summed E-state index contributed by atoms with van der Waals surface area (Å²) in [5.74, 6) is 3.43. The Morgan fingerprint density at radius 2 is 2.18 bits per heavy atom. The molecule has 0 saturated carbocycles. The molecule has 0 atom stereocenters. The van der Waals surface area contributed by atoms with Crippen molar-refractivity contribution in [3.63, 3.8) is 0 Å². The number of H-pyrrole nitrogens is 1. The SMILES string of the molecule is c1cnn(Cc2ccc(-c3n[nH]c(C4CCOCC4)n3)o2)c1. The Morgan fingerprint density at radius 1 is 1.27 bits per heavy atom. The van der Waals surface area contributed by atoms with E-state index in [-0.39, 0.29) is 0 Å². The lowest BCUT2D eigenvalue weighted by Crippen LogP contribution is -2.15. The molecule has 3 aromatic rings. The van der Waals surface area contributed by atoms with Gasteiger partial charge in [0.15, 0.2) is 5.76 Å². The lowest BCUT2D eigenvalue weighted by Gasteiger charge is -2.19. The largest absolute Gasteiger partial charge is 0.456 e. The maximum atomic E-state index is 5.81. The molecule has 1 N–H and O–H groups in total. The number of nitrogens with zero attached hydrogens (tertiary/aromatic N) is 4. The highest BCUT2D eigenvalue weighted by atomic mass is 16.5. The Kier molecular flexibility index (Phi) is 3.48. The minimum atomic E-state index is 0.397. The number of nitrogens with one attached hydrogen (secondary N) is 1. The van der Waals surface area contributed by atoms with Crippen molar-refractivity contribution >= 4 is 0 Å². The van der Waals surface area contributed by atoms with Crippen LogP contribution in [0.1, 0.15) is 30.3 Å². The standard InChI is InChI=1S/C15H17N5O2/c1-6-16-20(7-1)10-12-2-3-13(22-12)15-17-14(18-19-15)11-4-8-21-9-5-11/h1-3,6-7,11H,4-5,8-10H2,(H,17,18,19). The highest BCUT2D eigenvalue weighted by Gasteiger charge is 2.20. The number of furan rings is 1. The zero-order valence-corrected chi connectivity index (χ0v) is 12.1. The van der Waals surface area contributed by atoms with Gasteiger partial charge in [0.1, 0.15) is 11.6 Å². The first kappa shape index (κ1) is 13.3. The summed E-state index contributed by atoms with van der Waals surface area (Å²) < 4.78 is 13.0. The van der Waals surface area contributed by atoms with E-state index in [4.69, 9.17) is 9.15 Å². The molecular formula is C15H17N5O2. The van der Waals surface area contributed by atoms with Gasteiger partial charge in [-0.2, -0.15) is 10.2 Å². The van der Waals surface area contributed by atoms with Crippen LogP contribution >= 0.6 is 0 Å². The molecule has 1 fully saturated rings. The molecule has 4 heterocycles. The van der Waals surface area contributed by atoms with E-state index in [1.807, 2.05) is 29.1 Å². The highest BCUT2D eigenvalue weighted by Crippen LogP contribution is 2.26. The second-order valence-corrected chi connectivity index (χ2v) is 5.40. The third kappa shape index (κ3) is 2.67. The van der Waals surface area contributed by atoms with Gasteiger partial charge < -0.3 is 9.15 Å². The Bertz CT molecular complexity index is 725. The van der Waals surface area contributed by atoms with Crippen LogP contribution < -0.4 is 0 Å². The predicted molar refractivity (Wildman–Crippen MR) is 78.2 cm³/mol. The Morgan fingerprint density at radius 3 is 3.00 bits per heavy atom. The van der Waals surface area contributed by atoms with Gasteiger partial charge in [-0.05, 0) is 31.0 Å². The lowest BCUT2D eigenvalue weighted by molar-refractivity contribution is 0.0836. The van der Waals surface area contributed by atoms with E-state index in [1.165, 1.54) is 0 Å². The van der Waals surface area contributed by atoms with E-state index in [9.17, 15) is 0 Å². The fourth-order valence-electron chi connectivity index (χ4n) is 2.67. The van der Waals surface area contributed by atoms with Gasteiger partial charge in [-0.1, -0.05) is 0 Å². The summed E-state index contributed by atoms with van der Waals surface area (Å²) in [5.41, 5.74) is 0. The van der Waals surface area contributed by atoms with Gasteiger partial charge >= 0.3 is 0 Å². The maximum absolute atomic E-state index is 5.81. The van der Waals surface area contributed by atoms with Crippen LogP contribution in [0.2, 0.25) is 0 Å². The van der Waals surface area contributed by atoms with Crippen molar-refractivity contribution in [2.45, 2.75) is 25.3 Å². The summed E-state index contributed by atoms with van der Waals surface area (Å²) in [5, 5.41) is 11.5. The van der Waals surface area contributed by atoms with Crippen LogP contribution in [0.3, 0.4) is 0 Å². The quantitative estimate of drug-likeness (QED) is 0.798. The fraction of sp³-hybridized carbons (Fsp3) is 0.400. The molecule has 0 spiro atoms. The summed E-state index contributed by atoms with van der Waals surface area (Å²) in [6, 6.07) is 5.72. The van der Waals surface area contributed by atoms with E-state index >= 15 is 0 Å². The molecule has 7 nitrogen and oxygen atoms in total. The van der Waals surface area contributed by atoms with Crippen LogP contribution in [0.4, 0.5) is 0 Å². The first-order valence-corrected chi connectivity index (χ1v) is 7.45. The molecule has 114 valence electrons. The second-order valence-electron chi connectivity index (χ2n) is 5.40. The Hall–Kier alpha value is -2.41. The van der Waals surface area contributed by atoms with Crippen LogP contribution in [0, 0.1) is 0 Å². The third-order valence-corrected chi connectivity index (χ3v) is 3.87. The van der Waals surface area contributed by atoms with Gasteiger partial charge in [0, 0.05) is 31.5 Å². The zero-order chi connectivity index (χ0) is 14.8. The number of rotatable bonds is 4. The summed E-state index contributed by atoms with van der Waals surface area (Å²) in [4.78, 5) is 4.58. The van der Waals surface area contributed by atoms with E-state index < -0.39 is 0 Å². The average molecular weight is 299 g/mol. The summed E-state index contributed by atoms with van der Waals surface area (Å²) >= 11 is 0. The smallest absolute Gasteiger partial charge is 0.216 e. The molecule has 4 rings (SSSR count). The molecular weight excluding hydrogens is 282 g/mol. The van der Waals surface area contributed by atoms with Gasteiger partial charge in [-0.15, -0.1) is 0 Å². The normalized spacial score (nSPS) is 16.2. The number of aromatic nitrogens is 5. The van der Waals surface area contributed by atoms with Crippen molar-refractivity contribution in [1.82, 2.24) is 25.0 Å². The average Bonchev–Trinajstić information content (AvgIpc) is 3.30. The summed E-state index contributed by atoms with van der Waals surface area (Å²) in [6.45, 7) is 2.18. The number of hydrogen-bond acceptors (Lipinski definition) is 5. The van der Waals surface area contributed by atoms with Gasteiger partial charge in [-0.25, -0.2) is 4.98 Å². The molecule has 1 saturated heterocycles. The van der Waals surface area contributed by atoms with Crippen LogP contribution in [0.25, 0.3) is 11.6 Å². The van der Waals surface area contributed by atoms with Crippen molar-refractivity contribution in [3.05, 3.63) is 42.2 Å². The van der Waals surface area contributed by atoms with Crippen molar-refractivity contribution in [2.24, 2.45) is 0 Å². The first-order chi connectivity index (χ1) is 10.9. The van der Waals surface area contributed by atoms with Crippen molar-refractivity contribution in [2.75, 3.05) is 13.2 Å². The van der Waals surface area contributed by atoms with Crippen molar-refractivity contribution in [1.29, 1.82) is 0 Å². The lowest BCUT2D eigenvalue weighted by atomic mass is 10.00. The van der Waals surface area contributed by atoms with Crippen LogP contribution in [-0.2, 0) is 11.3 Å². The van der Waals surface area contributed by atoms with Gasteiger partial charge in [0.05, 0.1) is 6.54 Å². The molecule has 22 heavy (non-hydrogen) atoms. The summed E-state index contributed by atoms with van der Waals surface area (Å²) in [7, 11) is 0. The fourth-order valence-corrected chi connectivity index (χ4v) is 2.67. The van der Waals surface area contributed by atoms with Crippen LogP contribution in [0.15, 0.2) is 35.0 Å². The molecule has 0 aliphatic carbocycles. The molecule has 7 heteroatoms. The molecule has 1 aliphatic rings. The minimum Gasteiger partial charge on any atom is -0.456 e. The second kappa shape index (κ2) is 5.76. The highest BCUT2D eigenvalue weighted by molar-refractivity contribution is 5.46. The molecule has 0 aromatic carbocycles. The monoisotopic (exact) mass is 299 g/mol. The molecule has 0 bridgehead atoms. The van der Waals surface area contributed by atoms with Gasteiger partial charge in [0.2, 0.25) is 5.82 Å². The number of ether oxygens (including phenoxy) is 1. The molecule has 0 radical (unpaired) electrons. The third-order valence-electron chi connectivity index (χ3n) is 3.87. The number of hydrogen-bond donors (Lipinski definition) is 1. The maximum Gasteiger partial charge on any atom is 0.216 e. The van der Waals surface area contributed by atoms with Crippen molar-refractivity contribution < 1.29 is 9.15 Å². The molecule has 0 amide bonds. The molecule has 3 aromatic heterocycles. The van der Waals surface area contributed by atoms with Gasteiger partial charge in [0.25, 0.3) is 0 Å². The van der Waals surface area contributed by atoms with Gasteiger partial charge in [-0.3, -0.25) is 9.78 Å². The Labute approximate surface area is 127 Å². The first-order valence-electron chi connectivity index (χ1n) is 7.45. The van der Waals surface area contributed by atoms with Crippen LogP contribution in [-0.4, -0.2) is 38.2 Å². The van der Waals surface area contributed by atoms with E-state index in [0.29, 0.717) is 24.0 Å². The predicted octanol–water partition coefficient (Wildman–Crippen LogP) is 2.20. The van der Waals surface area contributed by atoms with E-state index in [1.54, 1.807) is 6.20 Å². The number of aromatic amines is 1. The van der Waals surface area contributed by atoms with E-state index in [0.717, 1.165) is 37.6 Å². The van der Waals surface area contributed by atoms with E-state index in [2.05, 4.69) is 20.3 Å². The van der Waals surface area contributed by atoms with Crippen molar-refractivity contribution in [3.8, 4) is 11.6 Å².